The van der Waals surface area contributed by atoms with Crippen LogP contribution in [0.5, 0.6) is 0 Å². The Hall–Kier alpha value is -5.69. The summed E-state index contributed by atoms with van der Waals surface area (Å²) in [6.07, 6.45) is 3.05. The number of ketones is 1. The lowest BCUT2D eigenvalue weighted by atomic mass is 9.82. The zero-order valence-corrected chi connectivity index (χ0v) is 26.6. The van der Waals surface area contributed by atoms with Gasteiger partial charge in [-0.3, -0.25) is 19.3 Å². The lowest BCUT2D eigenvalue weighted by molar-refractivity contribution is -0.123. The number of Topliss-reactive ketones (excluding diaryl/α,β-unsaturated/α-hetero) is 1. The molecule has 2 amide bonds. The summed E-state index contributed by atoms with van der Waals surface area (Å²) in [4.78, 5) is 59.6. The molecule has 7 heteroatoms. The number of carbonyl (C=O) groups is 4. The maximum Gasteiger partial charge on any atom is 0.339 e. The zero-order chi connectivity index (χ0) is 33.1. The Kier molecular flexibility index (Phi) is 7.13. The van der Waals surface area contributed by atoms with Crippen LogP contribution in [0.15, 0.2) is 115 Å². The predicted molar refractivity (Wildman–Crippen MR) is 183 cm³/mol. The highest BCUT2D eigenvalue weighted by Crippen LogP contribution is 2.56. The van der Waals surface area contributed by atoms with Crippen LogP contribution in [0.4, 0.5) is 5.69 Å². The molecule has 3 aliphatic rings. The first-order valence-corrected chi connectivity index (χ1v) is 16.2. The number of ether oxygens (including phenoxy) is 1. The van der Waals surface area contributed by atoms with Gasteiger partial charge in [0, 0.05) is 16.5 Å². The topological polar surface area (TPSA) is 93.6 Å². The van der Waals surface area contributed by atoms with Crippen LogP contribution in [0, 0.1) is 30.6 Å². The molecule has 4 unspecified atom stereocenters. The number of carbonyl (C=O) groups excluding carboxylic acids is 4. The quantitative estimate of drug-likeness (QED) is 0.0793. The molecule has 2 heterocycles. The van der Waals surface area contributed by atoms with Gasteiger partial charge in [0.15, 0.2) is 12.4 Å². The standard InChI is InChI=1S/C41H32N2O5/c1-23-7-6-10-31-33(41(47)48-22-35(44)28-13-11-26(12-14-28)25-8-4-3-5-9-25)21-34(42-38(23)31)27-15-17-30(18-16-27)43-39(45)36-29-19-24(2)32(20-29)37(36)40(43)46/h3-19,21,29,32,36-37H,20,22H2,1-2H3. The Balaban J connectivity index is 1.03. The summed E-state index contributed by atoms with van der Waals surface area (Å²) >= 11 is 0. The largest absolute Gasteiger partial charge is 0.454 e. The SMILES string of the molecule is CC1=CC2CC1C1C(=O)N(c3ccc(-c4cc(C(=O)OCC(=O)c5ccc(-c6ccccc6)cc5)c5cccc(C)c5n4)cc3)C(=O)C21. The van der Waals surface area contributed by atoms with Crippen LogP contribution in [0.25, 0.3) is 33.3 Å². The average molecular weight is 633 g/mol. The van der Waals surface area contributed by atoms with Gasteiger partial charge in [0.05, 0.1) is 34.3 Å². The van der Waals surface area contributed by atoms with E-state index in [2.05, 4.69) is 13.0 Å². The molecule has 1 saturated carbocycles. The van der Waals surface area contributed by atoms with Gasteiger partial charge in [0.2, 0.25) is 11.8 Å². The molecule has 5 aromatic rings. The van der Waals surface area contributed by atoms with E-state index in [-0.39, 0.29) is 41.3 Å². The first-order valence-electron chi connectivity index (χ1n) is 16.2. The third kappa shape index (κ3) is 4.85. The number of aromatic nitrogens is 1. The van der Waals surface area contributed by atoms with Crippen molar-refractivity contribution in [3.8, 4) is 22.4 Å². The number of esters is 1. The van der Waals surface area contributed by atoms with E-state index in [1.807, 2.05) is 79.7 Å². The Morgan fingerprint density at radius 3 is 2.23 bits per heavy atom. The Bertz CT molecular complexity index is 2170. The van der Waals surface area contributed by atoms with Crippen LogP contribution in [-0.4, -0.2) is 35.2 Å². The van der Waals surface area contributed by atoms with Crippen molar-refractivity contribution in [2.24, 2.45) is 23.7 Å². The highest BCUT2D eigenvalue weighted by atomic mass is 16.5. The summed E-state index contributed by atoms with van der Waals surface area (Å²) in [5.41, 5.74) is 7.31. The summed E-state index contributed by atoms with van der Waals surface area (Å²) in [5, 5.41) is 0.623. The third-order valence-corrected chi connectivity index (χ3v) is 10.2. The number of benzene rings is 4. The van der Waals surface area contributed by atoms with Crippen LogP contribution in [0.3, 0.4) is 0 Å². The molecule has 1 aliphatic heterocycles. The number of pyridine rings is 1. The van der Waals surface area contributed by atoms with Crippen molar-refractivity contribution < 1.29 is 23.9 Å². The fraction of sp³-hybridized carbons (Fsp3) is 0.195. The number of rotatable bonds is 7. The van der Waals surface area contributed by atoms with Crippen molar-refractivity contribution in [1.29, 1.82) is 0 Å². The molecule has 0 radical (unpaired) electrons. The third-order valence-electron chi connectivity index (χ3n) is 10.2. The molecule has 2 aliphatic carbocycles. The van der Waals surface area contributed by atoms with E-state index in [1.165, 1.54) is 10.5 Å². The minimum atomic E-state index is -0.626. The molecule has 7 nitrogen and oxygen atoms in total. The van der Waals surface area contributed by atoms with Gasteiger partial charge >= 0.3 is 5.97 Å². The summed E-state index contributed by atoms with van der Waals surface area (Å²) in [6.45, 7) is 3.58. The number of nitrogens with zero attached hydrogens (tertiary/aromatic N) is 2. The summed E-state index contributed by atoms with van der Waals surface area (Å²) < 4.78 is 5.57. The number of imide groups is 1. The van der Waals surface area contributed by atoms with Crippen molar-refractivity contribution in [2.75, 3.05) is 11.5 Å². The second-order valence-corrected chi connectivity index (χ2v) is 13.0. The number of anilines is 1. The number of hydrogen-bond acceptors (Lipinski definition) is 6. The smallest absolute Gasteiger partial charge is 0.339 e. The number of amides is 2. The molecular formula is C41H32N2O5. The molecule has 8 rings (SSSR count). The van der Waals surface area contributed by atoms with Gasteiger partial charge in [-0.25, -0.2) is 9.78 Å². The Morgan fingerprint density at radius 1 is 0.792 bits per heavy atom. The molecule has 4 aromatic carbocycles. The molecule has 4 atom stereocenters. The van der Waals surface area contributed by atoms with E-state index in [1.54, 1.807) is 30.3 Å². The molecule has 0 spiro atoms. The molecular weight excluding hydrogens is 600 g/mol. The second kappa shape index (κ2) is 11.5. The van der Waals surface area contributed by atoms with E-state index in [0.29, 0.717) is 39.0 Å². The number of allylic oxidation sites excluding steroid dienone is 2. The van der Waals surface area contributed by atoms with E-state index < -0.39 is 12.6 Å². The lowest BCUT2D eigenvalue weighted by Crippen LogP contribution is -2.32. The summed E-state index contributed by atoms with van der Waals surface area (Å²) in [5.74, 6) is -1.43. The summed E-state index contributed by atoms with van der Waals surface area (Å²) in [6, 6.07) is 31.5. The maximum absolute atomic E-state index is 13.5. The molecule has 0 N–H and O–H groups in total. The molecule has 236 valence electrons. The Morgan fingerprint density at radius 2 is 1.48 bits per heavy atom. The minimum Gasteiger partial charge on any atom is -0.454 e. The minimum absolute atomic E-state index is 0.121. The van der Waals surface area contributed by atoms with E-state index in [9.17, 15) is 19.2 Å². The van der Waals surface area contributed by atoms with Crippen molar-refractivity contribution in [1.82, 2.24) is 4.98 Å². The van der Waals surface area contributed by atoms with Crippen LogP contribution in [-0.2, 0) is 14.3 Å². The number of aryl methyl sites for hydroxylation is 1. The highest BCUT2D eigenvalue weighted by Gasteiger charge is 2.60. The predicted octanol–water partition coefficient (Wildman–Crippen LogP) is 7.62. The van der Waals surface area contributed by atoms with Gasteiger partial charge in [-0.15, -0.1) is 0 Å². The van der Waals surface area contributed by atoms with E-state index in [0.717, 1.165) is 23.1 Å². The van der Waals surface area contributed by atoms with Gasteiger partial charge in [0.25, 0.3) is 0 Å². The van der Waals surface area contributed by atoms with Gasteiger partial charge in [0.1, 0.15) is 0 Å². The number of para-hydroxylation sites is 1. The van der Waals surface area contributed by atoms with Gasteiger partial charge in [-0.2, -0.15) is 0 Å². The lowest BCUT2D eigenvalue weighted by Gasteiger charge is -2.19. The van der Waals surface area contributed by atoms with E-state index in [4.69, 9.17) is 9.72 Å². The fourth-order valence-corrected chi connectivity index (χ4v) is 7.79. The molecule has 1 aromatic heterocycles. The van der Waals surface area contributed by atoms with Crippen LogP contribution >= 0.6 is 0 Å². The number of hydrogen-bond donors (Lipinski definition) is 0. The van der Waals surface area contributed by atoms with Crippen molar-refractivity contribution in [3.05, 3.63) is 131 Å². The van der Waals surface area contributed by atoms with Crippen LogP contribution in [0.2, 0.25) is 0 Å². The van der Waals surface area contributed by atoms with Gasteiger partial charge < -0.3 is 4.74 Å². The normalized spacial score (nSPS) is 21.0. The zero-order valence-electron chi connectivity index (χ0n) is 26.6. The maximum atomic E-state index is 13.5. The summed E-state index contributed by atoms with van der Waals surface area (Å²) in [7, 11) is 0. The van der Waals surface area contributed by atoms with Gasteiger partial charge in [-0.1, -0.05) is 96.6 Å². The van der Waals surface area contributed by atoms with Crippen LogP contribution in [0.1, 0.15) is 39.6 Å². The van der Waals surface area contributed by atoms with Gasteiger partial charge in [-0.05, 0) is 67.0 Å². The fourth-order valence-electron chi connectivity index (χ4n) is 7.79. The molecule has 2 bridgehead atoms. The number of fused-ring (bicyclic) bond motifs is 6. The average Bonchev–Trinajstić information content (AvgIpc) is 3.76. The first kappa shape index (κ1) is 29.7. The molecule has 2 fully saturated rings. The van der Waals surface area contributed by atoms with E-state index >= 15 is 0 Å². The van der Waals surface area contributed by atoms with Crippen LogP contribution < -0.4 is 4.90 Å². The van der Waals surface area contributed by atoms with Crippen molar-refractivity contribution in [2.45, 2.75) is 20.3 Å². The molecule has 48 heavy (non-hydrogen) atoms. The van der Waals surface area contributed by atoms with Crippen molar-refractivity contribution >= 4 is 40.2 Å². The Labute approximate surface area is 277 Å². The first-order chi connectivity index (χ1) is 23.3. The highest BCUT2D eigenvalue weighted by molar-refractivity contribution is 6.23. The van der Waals surface area contributed by atoms with Crippen molar-refractivity contribution in [3.63, 3.8) is 0 Å². The second-order valence-electron chi connectivity index (χ2n) is 13.0. The molecule has 1 saturated heterocycles. The monoisotopic (exact) mass is 632 g/mol.